The fraction of sp³-hybridized carbons (Fsp3) is 0.417. The average Bonchev–Trinajstić information content (AvgIpc) is 2.74. The van der Waals surface area contributed by atoms with Gasteiger partial charge in [0.25, 0.3) is 0 Å². The van der Waals surface area contributed by atoms with Crippen LogP contribution in [0.3, 0.4) is 0 Å². The lowest BCUT2D eigenvalue weighted by molar-refractivity contribution is -0.129. The smallest absolute Gasteiger partial charge is 0.226 e. The first-order chi connectivity index (χ1) is 7.25. The van der Waals surface area contributed by atoms with Gasteiger partial charge in [0.1, 0.15) is 0 Å². The van der Waals surface area contributed by atoms with E-state index < -0.39 is 0 Å². The van der Waals surface area contributed by atoms with Gasteiger partial charge in [-0.3, -0.25) is 4.79 Å². The van der Waals surface area contributed by atoms with Crippen LogP contribution in [0.4, 0.5) is 0 Å². The SMILES string of the molecule is O=C(Cc1ccc(S)cc1)N1CCCC1. The summed E-state index contributed by atoms with van der Waals surface area (Å²) >= 11 is 4.21. The van der Waals surface area contributed by atoms with E-state index >= 15 is 0 Å². The Labute approximate surface area is 95.7 Å². The van der Waals surface area contributed by atoms with Crippen LogP contribution in [-0.4, -0.2) is 23.9 Å². The van der Waals surface area contributed by atoms with Gasteiger partial charge in [0.05, 0.1) is 6.42 Å². The average molecular weight is 221 g/mol. The van der Waals surface area contributed by atoms with Gasteiger partial charge in [-0.15, -0.1) is 12.6 Å². The zero-order valence-corrected chi connectivity index (χ0v) is 9.54. The highest BCUT2D eigenvalue weighted by atomic mass is 32.1. The van der Waals surface area contributed by atoms with Gasteiger partial charge in [-0.25, -0.2) is 0 Å². The van der Waals surface area contributed by atoms with Gasteiger partial charge in [-0.2, -0.15) is 0 Å². The zero-order chi connectivity index (χ0) is 10.7. The third-order valence-corrected chi connectivity index (χ3v) is 3.05. The van der Waals surface area contributed by atoms with Gasteiger partial charge in [-0.1, -0.05) is 12.1 Å². The van der Waals surface area contributed by atoms with Gasteiger partial charge in [0.15, 0.2) is 0 Å². The Morgan fingerprint density at radius 1 is 1.20 bits per heavy atom. The molecule has 0 atom stereocenters. The quantitative estimate of drug-likeness (QED) is 0.759. The third-order valence-electron chi connectivity index (χ3n) is 2.75. The molecule has 0 bridgehead atoms. The molecule has 0 saturated carbocycles. The summed E-state index contributed by atoms with van der Waals surface area (Å²) in [7, 11) is 0. The molecule has 1 fully saturated rings. The normalized spacial score (nSPS) is 15.7. The summed E-state index contributed by atoms with van der Waals surface area (Å²) in [5, 5.41) is 0. The molecule has 2 rings (SSSR count). The van der Waals surface area contributed by atoms with E-state index in [0.717, 1.165) is 36.4 Å². The predicted molar refractivity (Wildman–Crippen MR) is 63.2 cm³/mol. The summed E-state index contributed by atoms with van der Waals surface area (Å²) < 4.78 is 0. The number of carbonyl (C=O) groups is 1. The maximum Gasteiger partial charge on any atom is 0.226 e. The molecule has 1 aromatic carbocycles. The Bertz CT molecular complexity index is 341. The Morgan fingerprint density at radius 3 is 2.40 bits per heavy atom. The highest BCUT2D eigenvalue weighted by Gasteiger charge is 2.17. The molecule has 0 aromatic heterocycles. The summed E-state index contributed by atoms with van der Waals surface area (Å²) in [6.45, 7) is 1.87. The summed E-state index contributed by atoms with van der Waals surface area (Å²) in [5.74, 6) is 0.249. The molecular weight excluding hydrogens is 206 g/mol. The second kappa shape index (κ2) is 4.71. The number of benzene rings is 1. The second-order valence-corrected chi connectivity index (χ2v) is 4.45. The van der Waals surface area contributed by atoms with Crippen LogP contribution in [0.5, 0.6) is 0 Å². The summed E-state index contributed by atoms with van der Waals surface area (Å²) in [6, 6.07) is 7.79. The van der Waals surface area contributed by atoms with Crippen molar-refractivity contribution in [2.45, 2.75) is 24.2 Å². The second-order valence-electron chi connectivity index (χ2n) is 3.93. The molecule has 1 heterocycles. The molecule has 0 N–H and O–H groups in total. The van der Waals surface area contributed by atoms with Crippen molar-refractivity contribution in [1.82, 2.24) is 4.90 Å². The largest absolute Gasteiger partial charge is 0.342 e. The first-order valence-electron chi connectivity index (χ1n) is 5.31. The minimum atomic E-state index is 0.249. The molecule has 80 valence electrons. The minimum Gasteiger partial charge on any atom is -0.342 e. The van der Waals surface area contributed by atoms with E-state index in [9.17, 15) is 4.79 Å². The highest BCUT2D eigenvalue weighted by Crippen LogP contribution is 2.12. The third kappa shape index (κ3) is 2.75. The highest BCUT2D eigenvalue weighted by molar-refractivity contribution is 7.80. The molecule has 3 heteroatoms. The summed E-state index contributed by atoms with van der Waals surface area (Å²) in [4.78, 5) is 14.7. The molecular formula is C12H15NOS. The van der Waals surface area contributed by atoms with Crippen LogP contribution in [0.15, 0.2) is 29.2 Å². The lowest BCUT2D eigenvalue weighted by Gasteiger charge is -2.14. The molecule has 1 aliphatic rings. The van der Waals surface area contributed by atoms with E-state index in [1.807, 2.05) is 29.2 Å². The Balaban J connectivity index is 1.96. The Hall–Kier alpha value is -0.960. The monoisotopic (exact) mass is 221 g/mol. The van der Waals surface area contributed by atoms with Gasteiger partial charge in [0.2, 0.25) is 5.91 Å². The molecule has 0 unspecified atom stereocenters. The molecule has 2 nitrogen and oxygen atoms in total. The Morgan fingerprint density at radius 2 is 1.80 bits per heavy atom. The van der Waals surface area contributed by atoms with Gasteiger partial charge >= 0.3 is 0 Å². The van der Waals surface area contributed by atoms with E-state index in [1.54, 1.807) is 0 Å². The van der Waals surface area contributed by atoms with E-state index in [0.29, 0.717) is 6.42 Å². The van der Waals surface area contributed by atoms with Crippen molar-refractivity contribution in [3.8, 4) is 0 Å². The summed E-state index contributed by atoms with van der Waals surface area (Å²) in [5.41, 5.74) is 1.07. The van der Waals surface area contributed by atoms with Crippen LogP contribution in [0.2, 0.25) is 0 Å². The fourth-order valence-electron chi connectivity index (χ4n) is 1.87. The number of hydrogen-bond acceptors (Lipinski definition) is 2. The minimum absolute atomic E-state index is 0.249. The van der Waals surface area contributed by atoms with Gasteiger partial charge in [-0.05, 0) is 30.5 Å². The topological polar surface area (TPSA) is 20.3 Å². The molecule has 1 aliphatic heterocycles. The van der Waals surface area contributed by atoms with Crippen molar-refractivity contribution in [3.63, 3.8) is 0 Å². The molecule has 1 amide bonds. The van der Waals surface area contributed by atoms with Crippen LogP contribution in [0, 0.1) is 0 Å². The number of thiol groups is 1. The standard InChI is InChI=1S/C12H15NOS/c14-12(13-7-1-2-8-13)9-10-3-5-11(15)6-4-10/h3-6,15H,1-2,7-9H2. The molecule has 1 aromatic rings. The number of carbonyl (C=O) groups excluding carboxylic acids is 1. The first-order valence-corrected chi connectivity index (χ1v) is 5.76. The van der Waals surface area contributed by atoms with Crippen LogP contribution < -0.4 is 0 Å². The van der Waals surface area contributed by atoms with E-state index in [2.05, 4.69) is 12.6 Å². The van der Waals surface area contributed by atoms with E-state index in [1.165, 1.54) is 0 Å². The first kappa shape index (κ1) is 10.6. The number of rotatable bonds is 2. The Kier molecular flexibility index (Phi) is 3.31. The van der Waals surface area contributed by atoms with Crippen molar-refractivity contribution < 1.29 is 4.79 Å². The number of nitrogens with zero attached hydrogens (tertiary/aromatic N) is 1. The zero-order valence-electron chi connectivity index (χ0n) is 8.65. The lowest BCUT2D eigenvalue weighted by atomic mass is 10.1. The lowest BCUT2D eigenvalue weighted by Crippen LogP contribution is -2.28. The van der Waals surface area contributed by atoms with Crippen molar-refractivity contribution in [3.05, 3.63) is 29.8 Å². The maximum absolute atomic E-state index is 11.8. The van der Waals surface area contributed by atoms with Crippen LogP contribution in [-0.2, 0) is 11.2 Å². The van der Waals surface area contributed by atoms with E-state index in [4.69, 9.17) is 0 Å². The molecule has 0 spiro atoms. The molecule has 1 saturated heterocycles. The molecule has 15 heavy (non-hydrogen) atoms. The fourth-order valence-corrected chi connectivity index (χ4v) is 2.02. The number of amides is 1. The van der Waals surface area contributed by atoms with Crippen molar-refractivity contribution in [1.29, 1.82) is 0 Å². The van der Waals surface area contributed by atoms with Crippen molar-refractivity contribution in [2.24, 2.45) is 0 Å². The molecule has 0 aliphatic carbocycles. The number of hydrogen-bond donors (Lipinski definition) is 1. The van der Waals surface area contributed by atoms with E-state index in [-0.39, 0.29) is 5.91 Å². The summed E-state index contributed by atoms with van der Waals surface area (Å²) in [6.07, 6.45) is 2.83. The maximum atomic E-state index is 11.8. The van der Waals surface area contributed by atoms with Gasteiger partial charge < -0.3 is 4.90 Å². The van der Waals surface area contributed by atoms with Crippen molar-refractivity contribution in [2.75, 3.05) is 13.1 Å². The van der Waals surface area contributed by atoms with Crippen LogP contribution >= 0.6 is 12.6 Å². The van der Waals surface area contributed by atoms with Gasteiger partial charge in [0, 0.05) is 18.0 Å². The predicted octanol–water partition coefficient (Wildman–Crippen LogP) is 2.14. The molecule has 0 radical (unpaired) electrons. The van der Waals surface area contributed by atoms with Crippen LogP contribution in [0.1, 0.15) is 18.4 Å². The number of likely N-dealkylation sites (tertiary alicyclic amines) is 1. The van der Waals surface area contributed by atoms with Crippen molar-refractivity contribution >= 4 is 18.5 Å². The van der Waals surface area contributed by atoms with Crippen LogP contribution in [0.25, 0.3) is 0 Å².